The third-order valence-electron chi connectivity index (χ3n) is 2.12. The first-order valence-electron chi connectivity index (χ1n) is 4.98. The molecule has 17 heavy (non-hydrogen) atoms. The van der Waals surface area contributed by atoms with Crippen molar-refractivity contribution in [2.24, 2.45) is 5.92 Å². The highest BCUT2D eigenvalue weighted by molar-refractivity contribution is 5.95. The van der Waals surface area contributed by atoms with Crippen LogP contribution >= 0.6 is 0 Å². The van der Waals surface area contributed by atoms with Crippen molar-refractivity contribution in [3.8, 4) is 0 Å². The molecule has 0 radical (unpaired) electrons. The highest BCUT2D eigenvalue weighted by Crippen LogP contribution is 2.18. The van der Waals surface area contributed by atoms with Crippen molar-refractivity contribution in [1.82, 2.24) is 0 Å². The molecule has 0 saturated heterocycles. The molecule has 1 aromatic rings. The molecule has 0 aromatic heterocycles. The number of anilines is 1. The predicted octanol–water partition coefficient (Wildman–Crippen LogP) is 1.33. The molecule has 0 aliphatic carbocycles. The van der Waals surface area contributed by atoms with Crippen LogP contribution in [0.2, 0.25) is 0 Å². The molecule has 94 valence electrons. The van der Waals surface area contributed by atoms with E-state index in [1.807, 2.05) is 0 Å². The fourth-order valence-electron chi connectivity index (χ4n) is 1.09. The van der Waals surface area contributed by atoms with Gasteiger partial charge in [-0.3, -0.25) is 0 Å². The second-order valence-corrected chi connectivity index (χ2v) is 3.74. The van der Waals surface area contributed by atoms with Gasteiger partial charge in [-0.2, -0.15) is 0 Å². The minimum atomic E-state index is -1.17. The number of aliphatic hydroxyl groups excluding tert-OH is 1. The van der Waals surface area contributed by atoms with E-state index in [9.17, 15) is 13.6 Å². The van der Waals surface area contributed by atoms with E-state index in [1.165, 1.54) is 0 Å². The molecule has 0 fully saturated rings. The Morgan fingerprint density at radius 3 is 2.65 bits per heavy atom. The van der Waals surface area contributed by atoms with Gasteiger partial charge in [0, 0.05) is 24.3 Å². The first-order chi connectivity index (χ1) is 7.95. The fraction of sp³-hybridized carbons (Fsp3) is 0.364. The number of ether oxygens (including phenoxy) is 1. The summed E-state index contributed by atoms with van der Waals surface area (Å²) in [6.07, 6.45) is 0. The number of rotatable bonds is 4. The van der Waals surface area contributed by atoms with Crippen LogP contribution in [0.3, 0.4) is 0 Å². The largest absolute Gasteiger partial charge is 0.462 e. The highest BCUT2D eigenvalue weighted by Gasteiger charge is 2.16. The van der Waals surface area contributed by atoms with Crippen molar-refractivity contribution in [3.05, 3.63) is 29.3 Å². The summed E-state index contributed by atoms with van der Waals surface area (Å²) in [5.41, 5.74) is 4.96. The Bertz CT molecular complexity index is 423. The molecule has 1 atom stereocenters. The van der Waals surface area contributed by atoms with E-state index in [1.54, 1.807) is 6.92 Å². The van der Waals surface area contributed by atoms with E-state index in [4.69, 9.17) is 15.6 Å². The number of nitrogens with two attached hydrogens (primary N) is 1. The smallest absolute Gasteiger partial charge is 0.340 e. The van der Waals surface area contributed by atoms with Crippen LogP contribution < -0.4 is 5.73 Å². The average Bonchev–Trinajstić information content (AvgIpc) is 2.30. The lowest BCUT2D eigenvalue weighted by atomic mass is 10.1. The third kappa shape index (κ3) is 3.39. The maximum absolute atomic E-state index is 12.9. The lowest BCUT2D eigenvalue weighted by molar-refractivity contribution is 0.0406. The molecule has 0 amide bonds. The summed E-state index contributed by atoms with van der Waals surface area (Å²) in [7, 11) is 0. The number of aliphatic hydroxyl groups is 1. The molecule has 0 aliphatic rings. The minimum Gasteiger partial charge on any atom is -0.462 e. The van der Waals surface area contributed by atoms with Gasteiger partial charge in [-0.15, -0.1) is 0 Å². The molecule has 1 rings (SSSR count). The van der Waals surface area contributed by atoms with Crippen LogP contribution in [0.4, 0.5) is 14.5 Å². The first-order valence-corrected chi connectivity index (χ1v) is 4.98. The Morgan fingerprint density at radius 2 is 2.06 bits per heavy atom. The van der Waals surface area contributed by atoms with Crippen molar-refractivity contribution in [2.45, 2.75) is 6.92 Å². The number of benzene rings is 1. The number of halogens is 2. The molecule has 0 aliphatic heterocycles. The minimum absolute atomic E-state index is 0.0201. The van der Waals surface area contributed by atoms with Crippen LogP contribution in [0.1, 0.15) is 17.3 Å². The predicted molar refractivity (Wildman–Crippen MR) is 57.3 cm³/mol. The van der Waals surface area contributed by atoms with Crippen LogP contribution in [-0.2, 0) is 4.74 Å². The molecule has 0 spiro atoms. The average molecular weight is 245 g/mol. The van der Waals surface area contributed by atoms with Crippen LogP contribution in [0.5, 0.6) is 0 Å². The van der Waals surface area contributed by atoms with Crippen LogP contribution in [-0.4, -0.2) is 24.3 Å². The number of hydrogen-bond donors (Lipinski definition) is 2. The zero-order chi connectivity index (χ0) is 13.0. The number of hydrogen-bond acceptors (Lipinski definition) is 4. The SMILES string of the molecule is CC(CO)COC(=O)c1cc(F)c(F)cc1N. The Hall–Kier alpha value is -1.69. The zero-order valence-electron chi connectivity index (χ0n) is 9.24. The van der Waals surface area contributed by atoms with Gasteiger partial charge in [-0.1, -0.05) is 6.92 Å². The normalized spacial score (nSPS) is 12.2. The molecule has 1 aromatic carbocycles. The second-order valence-electron chi connectivity index (χ2n) is 3.74. The van der Waals surface area contributed by atoms with Gasteiger partial charge < -0.3 is 15.6 Å². The maximum Gasteiger partial charge on any atom is 0.340 e. The van der Waals surface area contributed by atoms with Gasteiger partial charge in [0.2, 0.25) is 0 Å². The monoisotopic (exact) mass is 245 g/mol. The van der Waals surface area contributed by atoms with E-state index >= 15 is 0 Å². The molecule has 0 bridgehead atoms. The van der Waals surface area contributed by atoms with E-state index in [-0.39, 0.29) is 30.4 Å². The summed E-state index contributed by atoms with van der Waals surface area (Å²) >= 11 is 0. The first kappa shape index (κ1) is 13.4. The van der Waals surface area contributed by atoms with Crippen molar-refractivity contribution < 1.29 is 23.4 Å². The second kappa shape index (κ2) is 5.58. The number of carbonyl (C=O) groups excluding carboxylic acids is 1. The molecule has 4 nitrogen and oxygen atoms in total. The summed E-state index contributed by atoms with van der Waals surface area (Å²) in [6, 6.07) is 1.41. The molecule has 6 heteroatoms. The standard InChI is InChI=1S/C11H13F2NO3/c1-6(4-15)5-17-11(16)7-2-8(12)9(13)3-10(7)14/h2-3,6,15H,4-5,14H2,1H3. The van der Waals surface area contributed by atoms with Crippen LogP contribution in [0.25, 0.3) is 0 Å². The molecule has 3 N–H and O–H groups in total. The van der Waals surface area contributed by atoms with E-state index in [0.29, 0.717) is 6.07 Å². The summed E-state index contributed by atoms with van der Waals surface area (Å²) in [5, 5.41) is 8.73. The zero-order valence-corrected chi connectivity index (χ0v) is 9.24. The van der Waals surface area contributed by atoms with Crippen molar-refractivity contribution >= 4 is 11.7 Å². The summed E-state index contributed by atoms with van der Waals surface area (Å²) in [5.74, 6) is -3.36. The van der Waals surface area contributed by atoms with Gasteiger partial charge >= 0.3 is 5.97 Å². The molecular weight excluding hydrogens is 232 g/mol. The maximum atomic E-state index is 12.9. The van der Waals surface area contributed by atoms with E-state index in [2.05, 4.69) is 0 Å². The molecule has 0 heterocycles. The number of carbonyl (C=O) groups is 1. The third-order valence-corrected chi connectivity index (χ3v) is 2.12. The van der Waals surface area contributed by atoms with Crippen LogP contribution in [0.15, 0.2) is 12.1 Å². The Kier molecular flexibility index (Phi) is 4.39. The fourth-order valence-corrected chi connectivity index (χ4v) is 1.09. The molecule has 1 unspecified atom stereocenters. The van der Waals surface area contributed by atoms with Crippen molar-refractivity contribution in [1.29, 1.82) is 0 Å². The Balaban J connectivity index is 2.79. The van der Waals surface area contributed by atoms with Crippen molar-refractivity contribution in [2.75, 3.05) is 18.9 Å². The van der Waals surface area contributed by atoms with Gasteiger partial charge in [0.05, 0.1) is 12.2 Å². The van der Waals surface area contributed by atoms with Gasteiger partial charge in [0.15, 0.2) is 11.6 Å². The number of nitrogen functional groups attached to an aromatic ring is 1. The van der Waals surface area contributed by atoms with Crippen molar-refractivity contribution in [3.63, 3.8) is 0 Å². The lowest BCUT2D eigenvalue weighted by Gasteiger charge is -2.10. The number of esters is 1. The summed E-state index contributed by atoms with van der Waals surface area (Å²) < 4.78 is 30.4. The van der Waals surface area contributed by atoms with E-state index in [0.717, 1.165) is 6.07 Å². The van der Waals surface area contributed by atoms with Gasteiger partial charge in [-0.05, 0) is 6.07 Å². The van der Waals surface area contributed by atoms with E-state index < -0.39 is 17.6 Å². The Morgan fingerprint density at radius 1 is 1.47 bits per heavy atom. The van der Waals surface area contributed by atoms with Gasteiger partial charge in [0.1, 0.15) is 0 Å². The summed E-state index contributed by atoms with van der Waals surface area (Å²) in [6.45, 7) is 1.51. The summed E-state index contributed by atoms with van der Waals surface area (Å²) in [4.78, 5) is 11.5. The highest BCUT2D eigenvalue weighted by atomic mass is 19.2. The quantitative estimate of drug-likeness (QED) is 0.620. The van der Waals surface area contributed by atoms with Gasteiger partial charge in [-0.25, -0.2) is 13.6 Å². The Labute approximate surface area is 97.0 Å². The van der Waals surface area contributed by atoms with Gasteiger partial charge in [0.25, 0.3) is 0 Å². The topological polar surface area (TPSA) is 72.5 Å². The lowest BCUT2D eigenvalue weighted by Crippen LogP contribution is -2.16. The molecular formula is C11H13F2NO3. The molecule has 0 saturated carbocycles. The van der Waals surface area contributed by atoms with Crippen LogP contribution in [0, 0.1) is 17.6 Å².